The van der Waals surface area contributed by atoms with Crippen LogP contribution in [0.5, 0.6) is 5.75 Å². The van der Waals surface area contributed by atoms with Crippen molar-refractivity contribution in [1.82, 2.24) is 4.90 Å². The lowest BCUT2D eigenvalue weighted by atomic mass is 10.2. The van der Waals surface area contributed by atoms with Gasteiger partial charge in [0.15, 0.2) is 0 Å². The minimum atomic E-state index is -0.241. The quantitative estimate of drug-likeness (QED) is 0.741. The van der Waals surface area contributed by atoms with Gasteiger partial charge in [-0.15, -0.1) is 0 Å². The van der Waals surface area contributed by atoms with E-state index < -0.39 is 0 Å². The lowest BCUT2D eigenvalue weighted by Crippen LogP contribution is -2.29. The Labute approximate surface area is 114 Å². The summed E-state index contributed by atoms with van der Waals surface area (Å²) < 4.78 is 23.9. The molecule has 2 N–H and O–H groups in total. The van der Waals surface area contributed by atoms with Gasteiger partial charge in [-0.1, -0.05) is 6.07 Å². The third-order valence-corrected chi connectivity index (χ3v) is 2.94. The van der Waals surface area contributed by atoms with Gasteiger partial charge in [0.1, 0.15) is 11.6 Å². The third kappa shape index (κ3) is 5.55. The highest BCUT2D eigenvalue weighted by Gasteiger charge is 2.10. The number of ether oxygens (including phenoxy) is 2. The molecule has 5 heteroatoms. The fraction of sp³-hybridized carbons (Fsp3) is 0.571. The molecule has 0 saturated heterocycles. The van der Waals surface area contributed by atoms with E-state index >= 15 is 0 Å². The highest BCUT2D eigenvalue weighted by atomic mass is 19.1. The first kappa shape index (κ1) is 15.9. The molecule has 0 bridgehead atoms. The smallest absolute Gasteiger partial charge is 0.131 e. The highest BCUT2D eigenvalue weighted by Crippen LogP contribution is 2.17. The second kappa shape index (κ2) is 8.85. The van der Waals surface area contributed by atoms with Gasteiger partial charge in [0.2, 0.25) is 0 Å². The number of nitrogens with two attached hydrogens (primary N) is 1. The molecule has 4 nitrogen and oxygen atoms in total. The van der Waals surface area contributed by atoms with Crippen molar-refractivity contribution in [2.45, 2.75) is 13.0 Å². The van der Waals surface area contributed by atoms with E-state index in [0.29, 0.717) is 31.0 Å². The zero-order chi connectivity index (χ0) is 14.1. The van der Waals surface area contributed by atoms with Crippen LogP contribution in [0.2, 0.25) is 0 Å². The predicted molar refractivity (Wildman–Crippen MR) is 73.8 cm³/mol. The summed E-state index contributed by atoms with van der Waals surface area (Å²) in [5, 5.41) is 0. The number of halogens is 1. The van der Waals surface area contributed by atoms with Crippen molar-refractivity contribution in [1.29, 1.82) is 0 Å². The summed E-state index contributed by atoms with van der Waals surface area (Å²) in [4.78, 5) is 2.14. The van der Waals surface area contributed by atoms with Gasteiger partial charge in [-0.2, -0.15) is 0 Å². The molecule has 0 aromatic heterocycles. The molecule has 108 valence electrons. The van der Waals surface area contributed by atoms with Crippen LogP contribution in [0.15, 0.2) is 18.2 Å². The Morgan fingerprint density at radius 2 is 2.05 bits per heavy atom. The van der Waals surface area contributed by atoms with E-state index in [2.05, 4.69) is 4.90 Å². The summed E-state index contributed by atoms with van der Waals surface area (Å²) >= 11 is 0. The van der Waals surface area contributed by atoms with Crippen molar-refractivity contribution in [3.63, 3.8) is 0 Å². The van der Waals surface area contributed by atoms with Gasteiger partial charge < -0.3 is 15.2 Å². The van der Waals surface area contributed by atoms with Crippen molar-refractivity contribution in [2.24, 2.45) is 5.73 Å². The average molecular weight is 270 g/mol. The SMILES string of the molecule is COCCN(CCCN)Cc1ccc(OC)cc1F. The molecule has 0 unspecified atom stereocenters. The summed E-state index contributed by atoms with van der Waals surface area (Å²) in [5.74, 6) is 0.293. The third-order valence-electron chi connectivity index (χ3n) is 2.94. The van der Waals surface area contributed by atoms with Crippen molar-refractivity contribution >= 4 is 0 Å². The summed E-state index contributed by atoms with van der Waals surface area (Å²) in [5.41, 5.74) is 6.18. The average Bonchev–Trinajstić information content (AvgIpc) is 2.43. The van der Waals surface area contributed by atoms with Crippen molar-refractivity contribution in [3.05, 3.63) is 29.6 Å². The Morgan fingerprint density at radius 1 is 1.26 bits per heavy atom. The van der Waals surface area contributed by atoms with Crippen LogP contribution in [0.4, 0.5) is 4.39 Å². The molecule has 1 aromatic carbocycles. The standard InChI is InChI=1S/C14H23FN2O2/c1-18-9-8-17(7-3-6-16)11-12-4-5-13(19-2)10-14(12)15/h4-5,10H,3,6-9,11,16H2,1-2H3. The van der Waals surface area contributed by atoms with Gasteiger partial charge in [0.25, 0.3) is 0 Å². The van der Waals surface area contributed by atoms with Crippen LogP contribution in [0, 0.1) is 5.82 Å². The van der Waals surface area contributed by atoms with E-state index in [1.54, 1.807) is 19.2 Å². The van der Waals surface area contributed by atoms with Crippen molar-refractivity contribution in [3.8, 4) is 5.75 Å². The summed E-state index contributed by atoms with van der Waals surface area (Å²) in [6.07, 6.45) is 0.890. The fourth-order valence-corrected chi connectivity index (χ4v) is 1.83. The van der Waals surface area contributed by atoms with Crippen LogP contribution in [0.25, 0.3) is 0 Å². The largest absolute Gasteiger partial charge is 0.497 e. The normalized spacial score (nSPS) is 11.0. The summed E-state index contributed by atoms with van der Waals surface area (Å²) in [6, 6.07) is 4.94. The molecule has 0 aliphatic carbocycles. The molecule has 0 amide bonds. The van der Waals surface area contributed by atoms with Gasteiger partial charge >= 0.3 is 0 Å². The maximum atomic E-state index is 13.9. The monoisotopic (exact) mass is 270 g/mol. The molecule has 0 atom stereocenters. The predicted octanol–water partition coefficient (Wildman–Crippen LogP) is 1.63. The minimum absolute atomic E-state index is 0.241. The van der Waals surface area contributed by atoms with Gasteiger partial charge in [-0.3, -0.25) is 4.90 Å². The molecule has 0 aliphatic rings. The van der Waals surface area contributed by atoms with Crippen molar-refractivity contribution < 1.29 is 13.9 Å². The zero-order valence-corrected chi connectivity index (χ0v) is 11.7. The van der Waals surface area contributed by atoms with Crippen LogP contribution in [0.3, 0.4) is 0 Å². The first-order valence-electron chi connectivity index (χ1n) is 6.45. The number of nitrogens with zero attached hydrogens (tertiary/aromatic N) is 1. The topological polar surface area (TPSA) is 47.7 Å². The Kier molecular flexibility index (Phi) is 7.40. The van der Waals surface area contributed by atoms with Crippen LogP contribution in [0.1, 0.15) is 12.0 Å². The first-order valence-corrected chi connectivity index (χ1v) is 6.45. The zero-order valence-electron chi connectivity index (χ0n) is 11.7. The Morgan fingerprint density at radius 3 is 2.63 bits per heavy atom. The molecule has 1 rings (SSSR count). The van der Waals surface area contributed by atoms with Gasteiger partial charge in [0.05, 0.1) is 13.7 Å². The lowest BCUT2D eigenvalue weighted by molar-refractivity contribution is 0.143. The van der Waals surface area contributed by atoms with E-state index in [-0.39, 0.29) is 5.82 Å². The Balaban J connectivity index is 2.65. The Hall–Kier alpha value is -1.17. The number of hydrogen-bond donors (Lipinski definition) is 1. The van der Waals surface area contributed by atoms with Crippen LogP contribution in [-0.2, 0) is 11.3 Å². The van der Waals surface area contributed by atoms with E-state index in [0.717, 1.165) is 19.5 Å². The maximum Gasteiger partial charge on any atom is 0.131 e. The highest BCUT2D eigenvalue weighted by molar-refractivity contribution is 5.28. The van der Waals surface area contributed by atoms with Crippen LogP contribution in [-0.4, -0.2) is 45.4 Å². The number of methoxy groups -OCH3 is 2. The van der Waals surface area contributed by atoms with Gasteiger partial charge in [-0.05, 0) is 25.6 Å². The molecule has 19 heavy (non-hydrogen) atoms. The number of rotatable bonds is 9. The number of benzene rings is 1. The molecule has 0 saturated carbocycles. The summed E-state index contributed by atoms with van der Waals surface area (Å²) in [6.45, 7) is 3.42. The first-order chi connectivity index (χ1) is 9.21. The Bertz CT molecular complexity index is 366. The van der Waals surface area contributed by atoms with Crippen LogP contribution < -0.4 is 10.5 Å². The van der Waals surface area contributed by atoms with Crippen LogP contribution >= 0.6 is 0 Å². The van der Waals surface area contributed by atoms with E-state index in [1.165, 1.54) is 13.2 Å². The molecule has 0 heterocycles. The molecular formula is C14H23FN2O2. The fourth-order valence-electron chi connectivity index (χ4n) is 1.83. The second-order valence-corrected chi connectivity index (χ2v) is 4.37. The molecule has 0 spiro atoms. The van der Waals surface area contributed by atoms with Crippen molar-refractivity contribution in [2.75, 3.05) is 40.5 Å². The lowest BCUT2D eigenvalue weighted by Gasteiger charge is -2.22. The van der Waals surface area contributed by atoms with E-state index in [9.17, 15) is 4.39 Å². The second-order valence-electron chi connectivity index (χ2n) is 4.37. The molecule has 1 aromatic rings. The molecule has 0 aliphatic heterocycles. The summed E-state index contributed by atoms with van der Waals surface area (Å²) in [7, 11) is 3.19. The molecule has 0 fully saturated rings. The minimum Gasteiger partial charge on any atom is -0.497 e. The molecule has 0 radical (unpaired) electrons. The van der Waals surface area contributed by atoms with Gasteiger partial charge in [0, 0.05) is 31.8 Å². The van der Waals surface area contributed by atoms with Gasteiger partial charge in [-0.25, -0.2) is 4.39 Å². The number of hydrogen-bond acceptors (Lipinski definition) is 4. The van der Waals surface area contributed by atoms with E-state index in [4.69, 9.17) is 15.2 Å². The molecular weight excluding hydrogens is 247 g/mol. The van der Waals surface area contributed by atoms with E-state index in [1.807, 2.05) is 0 Å². The maximum absolute atomic E-state index is 13.9.